The van der Waals surface area contributed by atoms with Gasteiger partial charge in [-0.1, -0.05) is 13.0 Å². The molecule has 3 heterocycles. The number of nitrogens with zero attached hydrogens (tertiary/aromatic N) is 2. The molecule has 3 aromatic heterocycles. The molecule has 3 heteroatoms. The first-order valence-corrected chi connectivity index (χ1v) is 7.08. The number of hydrogen-bond acceptors (Lipinski definition) is 3. The van der Waals surface area contributed by atoms with E-state index in [9.17, 15) is 0 Å². The number of rotatable bonds is 2. The molecule has 0 amide bonds. The molecule has 0 aliphatic rings. The smallest absolute Gasteiger partial charge is 0.153 e. The van der Waals surface area contributed by atoms with Gasteiger partial charge < -0.3 is 4.42 Å². The highest BCUT2D eigenvalue weighted by atomic mass is 16.3. The van der Waals surface area contributed by atoms with E-state index in [0.29, 0.717) is 0 Å². The summed E-state index contributed by atoms with van der Waals surface area (Å²) in [7, 11) is 0. The number of furan rings is 1. The Morgan fingerprint density at radius 1 is 1.00 bits per heavy atom. The van der Waals surface area contributed by atoms with Crippen molar-refractivity contribution in [3.05, 3.63) is 60.4 Å². The molecule has 0 spiro atoms. The monoisotopic (exact) mass is 274 g/mol. The van der Waals surface area contributed by atoms with E-state index >= 15 is 0 Å². The van der Waals surface area contributed by atoms with Crippen molar-refractivity contribution in [1.82, 2.24) is 9.97 Å². The van der Waals surface area contributed by atoms with Crippen LogP contribution in [0.2, 0.25) is 0 Å². The summed E-state index contributed by atoms with van der Waals surface area (Å²) in [4.78, 5) is 8.92. The molecule has 1 aromatic carbocycles. The summed E-state index contributed by atoms with van der Waals surface area (Å²) >= 11 is 0. The molecular weight excluding hydrogens is 260 g/mol. The maximum atomic E-state index is 6.01. The summed E-state index contributed by atoms with van der Waals surface area (Å²) < 4.78 is 6.01. The summed E-state index contributed by atoms with van der Waals surface area (Å²) in [5.41, 5.74) is 5.80. The Morgan fingerprint density at radius 2 is 1.95 bits per heavy atom. The summed E-state index contributed by atoms with van der Waals surface area (Å²) in [6.45, 7) is 2.14. The number of fused-ring (bicyclic) bond motifs is 3. The summed E-state index contributed by atoms with van der Waals surface area (Å²) in [5.74, 6) is 0. The third-order valence-electron chi connectivity index (χ3n) is 3.76. The van der Waals surface area contributed by atoms with Crippen LogP contribution in [-0.4, -0.2) is 9.97 Å². The summed E-state index contributed by atoms with van der Waals surface area (Å²) in [6.07, 6.45) is 4.64. The number of pyridine rings is 2. The lowest BCUT2D eigenvalue weighted by atomic mass is 10.1. The Labute approximate surface area is 122 Å². The minimum atomic E-state index is 0.812. The van der Waals surface area contributed by atoms with Crippen LogP contribution in [0.15, 0.2) is 59.3 Å². The highest BCUT2D eigenvalue weighted by molar-refractivity contribution is 6.07. The van der Waals surface area contributed by atoms with Crippen LogP contribution in [-0.2, 0) is 6.42 Å². The first-order valence-electron chi connectivity index (χ1n) is 7.08. The molecule has 0 radical (unpaired) electrons. The van der Waals surface area contributed by atoms with Crippen molar-refractivity contribution in [2.45, 2.75) is 13.3 Å². The lowest BCUT2D eigenvalue weighted by Gasteiger charge is -2.03. The largest absolute Gasteiger partial charge is 0.454 e. The van der Waals surface area contributed by atoms with E-state index < -0.39 is 0 Å². The van der Waals surface area contributed by atoms with Crippen molar-refractivity contribution in [1.29, 1.82) is 0 Å². The van der Waals surface area contributed by atoms with E-state index in [4.69, 9.17) is 4.42 Å². The Bertz CT molecular complexity index is 940. The van der Waals surface area contributed by atoms with Gasteiger partial charge in [-0.05, 0) is 48.4 Å². The molecule has 0 aliphatic carbocycles. The number of aryl methyl sites for hydroxylation is 1. The van der Waals surface area contributed by atoms with Crippen molar-refractivity contribution >= 4 is 22.1 Å². The Morgan fingerprint density at radius 3 is 2.86 bits per heavy atom. The van der Waals surface area contributed by atoms with E-state index in [-0.39, 0.29) is 0 Å². The van der Waals surface area contributed by atoms with Gasteiger partial charge in [0, 0.05) is 23.3 Å². The van der Waals surface area contributed by atoms with Crippen molar-refractivity contribution in [2.75, 3.05) is 0 Å². The van der Waals surface area contributed by atoms with Gasteiger partial charge in [0.2, 0.25) is 0 Å². The second-order valence-corrected chi connectivity index (χ2v) is 5.04. The van der Waals surface area contributed by atoms with Crippen molar-refractivity contribution in [3.8, 4) is 11.3 Å². The van der Waals surface area contributed by atoms with Crippen molar-refractivity contribution in [2.24, 2.45) is 0 Å². The number of para-hydroxylation sites is 1. The van der Waals surface area contributed by atoms with Crippen LogP contribution in [0.1, 0.15) is 12.5 Å². The number of aromatic nitrogens is 2. The molecule has 0 fully saturated rings. The van der Waals surface area contributed by atoms with Gasteiger partial charge in [-0.3, -0.25) is 9.97 Å². The molecule has 0 N–H and O–H groups in total. The van der Waals surface area contributed by atoms with Gasteiger partial charge in [0.15, 0.2) is 5.58 Å². The number of benzene rings is 1. The fourth-order valence-electron chi connectivity index (χ4n) is 2.66. The highest BCUT2D eigenvalue weighted by Gasteiger charge is 2.13. The lowest BCUT2D eigenvalue weighted by Crippen LogP contribution is -1.87. The molecule has 4 rings (SSSR count). The molecule has 3 nitrogen and oxygen atoms in total. The van der Waals surface area contributed by atoms with Crippen LogP contribution in [0.25, 0.3) is 33.3 Å². The van der Waals surface area contributed by atoms with Gasteiger partial charge >= 0.3 is 0 Å². The lowest BCUT2D eigenvalue weighted by molar-refractivity contribution is 0.669. The number of hydrogen-bond donors (Lipinski definition) is 0. The van der Waals surface area contributed by atoms with Crippen molar-refractivity contribution in [3.63, 3.8) is 0 Å². The second kappa shape index (κ2) is 4.70. The fraction of sp³-hybridized carbons (Fsp3) is 0.111. The molecule has 102 valence electrons. The van der Waals surface area contributed by atoms with E-state index in [1.165, 1.54) is 5.56 Å². The average Bonchev–Trinajstić information content (AvgIpc) is 2.93. The second-order valence-electron chi connectivity index (χ2n) is 5.04. The zero-order chi connectivity index (χ0) is 14.2. The average molecular weight is 274 g/mol. The van der Waals surface area contributed by atoms with Gasteiger partial charge in [0.05, 0.1) is 5.69 Å². The molecule has 0 aliphatic heterocycles. The zero-order valence-electron chi connectivity index (χ0n) is 11.7. The van der Waals surface area contributed by atoms with Gasteiger partial charge in [-0.15, -0.1) is 0 Å². The minimum absolute atomic E-state index is 0.812. The molecule has 4 aromatic rings. The van der Waals surface area contributed by atoms with Crippen LogP contribution < -0.4 is 0 Å². The topological polar surface area (TPSA) is 38.9 Å². The molecule has 21 heavy (non-hydrogen) atoms. The van der Waals surface area contributed by atoms with Gasteiger partial charge in [0.25, 0.3) is 0 Å². The van der Waals surface area contributed by atoms with Crippen LogP contribution >= 0.6 is 0 Å². The summed E-state index contributed by atoms with van der Waals surface area (Å²) in [6, 6.07) is 14.1. The molecule has 0 atom stereocenters. The van der Waals surface area contributed by atoms with E-state index in [2.05, 4.69) is 23.0 Å². The fourth-order valence-corrected chi connectivity index (χ4v) is 2.66. The van der Waals surface area contributed by atoms with Crippen molar-refractivity contribution < 1.29 is 4.42 Å². The van der Waals surface area contributed by atoms with Crippen LogP contribution in [0.5, 0.6) is 0 Å². The van der Waals surface area contributed by atoms with Crippen LogP contribution in [0.4, 0.5) is 0 Å². The summed E-state index contributed by atoms with van der Waals surface area (Å²) in [5, 5.41) is 1.03. The Balaban J connectivity index is 2.04. The SMILES string of the molecule is CCc1ccnc(-c2cccc3c2oc2cccnc23)c1. The quantitative estimate of drug-likeness (QED) is 0.536. The highest BCUT2D eigenvalue weighted by Crippen LogP contribution is 2.33. The third kappa shape index (κ3) is 1.89. The minimum Gasteiger partial charge on any atom is -0.454 e. The Hall–Kier alpha value is -2.68. The predicted octanol–water partition coefficient (Wildman–Crippen LogP) is 4.61. The molecule has 0 saturated carbocycles. The first-order chi connectivity index (χ1) is 10.4. The van der Waals surface area contributed by atoms with E-state index in [0.717, 1.165) is 39.7 Å². The molecule has 0 unspecified atom stereocenters. The maximum Gasteiger partial charge on any atom is 0.153 e. The van der Waals surface area contributed by atoms with Crippen LogP contribution in [0, 0.1) is 0 Å². The van der Waals surface area contributed by atoms with Gasteiger partial charge in [-0.25, -0.2) is 0 Å². The van der Waals surface area contributed by atoms with E-state index in [1.54, 1.807) is 6.20 Å². The Kier molecular flexibility index (Phi) is 2.71. The molecule has 0 saturated heterocycles. The zero-order valence-corrected chi connectivity index (χ0v) is 11.7. The van der Waals surface area contributed by atoms with E-state index in [1.807, 2.05) is 42.6 Å². The van der Waals surface area contributed by atoms with Gasteiger partial charge in [0.1, 0.15) is 11.1 Å². The normalized spacial score (nSPS) is 11.3. The predicted molar refractivity (Wildman–Crippen MR) is 84.1 cm³/mol. The van der Waals surface area contributed by atoms with Gasteiger partial charge in [-0.2, -0.15) is 0 Å². The first kappa shape index (κ1) is 12.1. The standard InChI is InChI=1S/C18H14N2O/c1-2-12-8-10-19-15(11-12)13-5-3-6-14-17-16(21-18(13)14)7-4-9-20-17/h3-11H,2H2,1H3. The van der Waals surface area contributed by atoms with Crippen LogP contribution in [0.3, 0.4) is 0 Å². The third-order valence-corrected chi connectivity index (χ3v) is 3.76. The molecular formula is C18H14N2O. The maximum absolute atomic E-state index is 6.01. The molecule has 0 bridgehead atoms.